The van der Waals surface area contributed by atoms with Crippen molar-refractivity contribution in [3.05, 3.63) is 47.7 Å². The first-order valence-electron chi connectivity index (χ1n) is 8.38. The van der Waals surface area contributed by atoms with Gasteiger partial charge in [-0.3, -0.25) is 14.6 Å². The molecule has 128 valence electrons. The maximum atomic E-state index is 12.1. The van der Waals surface area contributed by atoms with Crippen LogP contribution in [0, 0.1) is 6.92 Å². The minimum Gasteiger partial charge on any atom is -0.480 e. The molecule has 0 amide bonds. The molecule has 1 aliphatic rings. The number of aromatic nitrogens is 1. The normalized spacial score (nSPS) is 17.9. The van der Waals surface area contributed by atoms with Gasteiger partial charge < -0.3 is 10.1 Å². The Hall–Kier alpha value is -2.11. The Balaban J connectivity index is 1.87. The predicted octanol–water partition coefficient (Wildman–Crippen LogP) is 2.80. The molecule has 2 aromatic rings. The van der Waals surface area contributed by atoms with E-state index in [1.807, 2.05) is 38.1 Å². The Morgan fingerprint density at radius 1 is 1.29 bits per heavy atom. The fourth-order valence-corrected chi connectivity index (χ4v) is 3.67. The third-order valence-electron chi connectivity index (χ3n) is 4.72. The molecule has 3 rings (SSSR count). The molecular formula is C19H25N3O2. The molecule has 2 N–H and O–H groups in total. The second-order valence-electron chi connectivity index (χ2n) is 6.72. The molecule has 0 aliphatic carbocycles. The number of rotatable bonds is 5. The molecule has 1 atom stereocenters. The first-order valence-corrected chi connectivity index (χ1v) is 8.38. The van der Waals surface area contributed by atoms with E-state index in [4.69, 9.17) is 0 Å². The molecule has 1 aromatic heterocycles. The van der Waals surface area contributed by atoms with Crippen LogP contribution in [-0.2, 0) is 4.79 Å². The monoisotopic (exact) mass is 327 g/mol. The lowest BCUT2D eigenvalue weighted by Gasteiger charge is -2.38. The van der Waals surface area contributed by atoms with E-state index in [0.717, 1.165) is 60.5 Å². The summed E-state index contributed by atoms with van der Waals surface area (Å²) >= 11 is 0. The Morgan fingerprint density at radius 3 is 2.58 bits per heavy atom. The Kier molecular flexibility index (Phi) is 4.73. The zero-order valence-electron chi connectivity index (χ0n) is 14.4. The number of nitrogens with one attached hydrogen (secondary N) is 1. The van der Waals surface area contributed by atoms with Crippen LogP contribution in [0.25, 0.3) is 10.9 Å². The van der Waals surface area contributed by atoms with Crippen LogP contribution in [0.2, 0.25) is 0 Å². The Labute approximate surface area is 142 Å². The number of nitrogens with zero attached hydrogens (tertiary/aromatic N) is 2. The molecule has 5 nitrogen and oxygen atoms in total. The van der Waals surface area contributed by atoms with Gasteiger partial charge in [-0.25, -0.2) is 0 Å². The third-order valence-corrected chi connectivity index (χ3v) is 4.72. The molecule has 0 radical (unpaired) electrons. The number of carboxylic acids is 1. The summed E-state index contributed by atoms with van der Waals surface area (Å²) < 4.78 is 0. The number of aryl methyl sites for hydroxylation is 1. The average Bonchev–Trinajstić information content (AvgIpc) is 2.85. The van der Waals surface area contributed by atoms with Crippen molar-refractivity contribution in [2.45, 2.75) is 19.9 Å². The lowest BCUT2D eigenvalue weighted by molar-refractivity contribution is -0.144. The van der Waals surface area contributed by atoms with Crippen LogP contribution < -0.4 is 0 Å². The number of carboxylic acid groups (broad SMARTS) is 1. The second-order valence-corrected chi connectivity index (χ2v) is 6.72. The molecule has 24 heavy (non-hydrogen) atoms. The number of piperazine rings is 1. The zero-order chi connectivity index (χ0) is 17.3. The summed E-state index contributed by atoms with van der Waals surface area (Å²) in [5.41, 5.74) is 3.97. The molecule has 1 aromatic carbocycles. The molecule has 0 bridgehead atoms. The highest BCUT2D eigenvalue weighted by atomic mass is 16.4. The number of para-hydroxylation sites is 1. The lowest BCUT2D eigenvalue weighted by Crippen LogP contribution is -2.49. The largest absolute Gasteiger partial charge is 0.480 e. The Bertz CT molecular complexity index is 757. The maximum Gasteiger partial charge on any atom is 0.325 e. The van der Waals surface area contributed by atoms with Crippen LogP contribution in [0.1, 0.15) is 24.2 Å². The van der Waals surface area contributed by atoms with Gasteiger partial charge in [0.15, 0.2) is 0 Å². The first kappa shape index (κ1) is 16.7. The molecule has 0 saturated carbocycles. The molecule has 0 spiro atoms. The summed E-state index contributed by atoms with van der Waals surface area (Å²) in [6, 6.07) is 7.32. The summed E-state index contributed by atoms with van der Waals surface area (Å²) in [6.07, 6.45) is 0. The molecule has 1 unspecified atom stereocenters. The molecule has 2 heterocycles. The molecule has 1 saturated heterocycles. The van der Waals surface area contributed by atoms with Crippen molar-refractivity contribution in [1.82, 2.24) is 14.8 Å². The standard InChI is InChI=1S/C19H25N3O2/c1-13(2)12-21-8-10-22(11-9-21)18(19(23)24)17-14(3)20-16-7-5-4-6-15(16)17/h4-7,18,20H,1,8-12H2,2-3H3,(H,23,24). The number of fused-ring (bicyclic) bond motifs is 1. The predicted molar refractivity (Wildman–Crippen MR) is 96.2 cm³/mol. The minimum atomic E-state index is -0.781. The van der Waals surface area contributed by atoms with E-state index < -0.39 is 12.0 Å². The van der Waals surface area contributed by atoms with E-state index in [1.54, 1.807) is 0 Å². The van der Waals surface area contributed by atoms with Crippen LogP contribution in [0.15, 0.2) is 36.4 Å². The van der Waals surface area contributed by atoms with E-state index in [-0.39, 0.29) is 0 Å². The number of hydrogen-bond acceptors (Lipinski definition) is 3. The molecule has 5 heteroatoms. The fraction of sp³-hybridized carbons (Fsp3) is 0.421. The molecule has 1 fully saturated rings. The van der Waals surface area contributed by atoms with Gasteiger partial charge >= 0.3 is 5.97 Å². The second kappa shape index (κ2) is 6.79. The summed E-state index contributed by atoms with van der Waals surface area (Å²) in [6.45, 7) is 12.1. The van der Waals surface area contributed by atoms with Crippen molar-refractivity contribution >= 4 is 16.9 Å². The molecule has 1 aliphatic heterocycles. The third kappa shape index (κ3) is 3.23. The van der Waals surface area contributed by atoms with Crippen molar-refractivity contribution in [1.29, 1.82) is 0 Å². The van der Waals surface area contributed by atoms with Crippen molar-refractivity contribution in [3.63, 3.8) is 0 Å². The van der Waals surface area contributed by atoms with Crippen molar-refractivity contribution in [2.24, 2.45) is 0 Å². The van der Waals surface area contributed by atoms with E-state index in [0.29, 0.717) is 0 Å². The van der Waals surface area contributed by atoms with Gasteiger partial charge in [-0.05, 0) is 19.9 Å². The van der Waals surface area contributed by atoms with E-state index in [2.05, 4.69) is 21.4 Å². The van der Waals surface area contributed by atoms with Gasteiger partial charge in [0.25, 0.3) is 0 Å². The fourth-order valence-electron chi connectivity index (χ4n) is 3.67. The number of aliphatic carboxylic acids is 1. The van der Waals surface area contributed by atoms with Crippen LogP contribution in [0.4, 0.5) is 0 Å². The summed E-state index contributed by atoms with van der Waals surface area (Å²) in [5.74, 6) is -0.781. The number of carbonyl (C=O) groups is 1. The maximum absolute atomic E-state index is 12.1. The average molecular weight is 327 g/mol. The van der Waals surface area contributed by atoms with Gasteiger partial charge in [-0.1, -0.05) is 30.4 Å². The number of H-pyrrole nitrogens is 1. The smallest absolute Gasteiger partial charge is 0.325 e. The van der Waals surface area contributed by atoms with Gasteiger partial charge in [0.2, 0.25) is 0 Å². The summed E-state index contributed by atoms with van der Waals surface area (Å²) in [4.78, 5) is 19.8. The van der Waals surface area contributed by atoms with Gasteiger partial charge in [0.05, 0.1) is 0 Å². The van der Waals surface area contributed by atoms with E-state index >= 15 is 0 Å². The topological polar surface area (TPSA) is 59.6 Å². The quantitative estimate of drug-likeness (QED) is 0.829. The van der Waals surface area contributed by atoms with Gasteiger partial charge in [-0.15, -0.1) is 0 Å². The number of benzene rings is 1. The van der Waals surface area contributed by atoms with Crippen LogP contribution in [-0.4, -0.2) is 58.6 Å². The Morgan fingerprint density at radius 2 is 1.96 bits per heavy atom. The minimum absolute atomic E-state index is 0.604. The van der Waals surface area contributed by atoms with Crippen LogP contribution in [0.3, 0.4) is 0 Å². The molecular weight excluding hydrogens is 302 g/mol. The van der Waals surface area contributed by atoms with E-state index in [1.165, 1.54) is 0 Å². The lowest BCUT2D eigenvalue weighted by atomic mass is 10.0. The summed E-state index contributed by atoms with van der Waals surface area (Å²) in [5, 5.41) is 10.9. The number of aromatic amines is 1. The van der Waals surface area contributed by atoms with Crippen LogP contribution in [0.5, 0.6) is 0 Å². The van der Waals surface area contributed by atoms with Gasteiger partial charge in [-0.2, -0.15) is 0 Å². The first-order chi connectivity index (χ1) is 11.5. The highest BCUT2D eigenvalue weighted by Crippen LogP contribution is 2.32. The van der Waals surface area contributed by atoms with Crippen LogP contribution >= 0.6 is 0 Å². The van der Waals surface area contributed by atoms with Crippen molar-refractivity contribution in [2.75, 3.05) is 32.7 Å². The number of hydrogen-bond donors (Lipinski definition) is 2. The summed E-state index contributed by atoms with van der Waals surface area (Å²) in [7, 11) is 0. The van der Waals surface area contributed by atoms with E-state index in [9.17, 15) is 9.90 Å². The zero-order valence-corrected chi connectivity index (χ0v) is 14.4. The van der Waals surface area contributed by atoms with Crippen molar-refractivity contribution in [3.8, 4) is 0 Å². The SMILES string of the molecule is C=C(C)CN1CCN(C(C(=O)O)c2c(C)[nH]c3ccccc23)CC1. The highest BCUT2D eigenvalue weighted by Gasteiger charge is 2.33. The van der Waals surface area contributed by atoms with Gasteiger partial charge in [0.1, 0.15) is 6.04 Å². The van der Waals surface area contributed by atoms with Crippen molar-refractivity contribution < 1.29 is 9.90 Å². The highest BCUT2D eigenvalue weighted by molar-refractivity contribution is 5.90. The van der Waals surface area contributed by atoms with Gasteiger partial charge in [0, 0.05) is 54.9 Å².